The zero-order chi connectivity index (χ0) is 24.3. The largest absolute Gasteiger partial charge is 0.324 e. The van der Waals surface area contributed by atoms with Crippen LogP contribution in [-0.4, -0.2) is 47.8 Å². The molecule has 0 aliphatic carbocycles. The Hall–Kier alpha value is -2.95. The van der Waals surface area contributed by atoms with Gasteiger partial charge in [-0.05, 0) is 61.9 Å². The first-order valence-corrected chi connectivity index (χ1v) is 13.6. The van der Waals surface area contributed by atoms with Crippen LogP contribution in [0.15, 0.2) is 69.2 Å². The van der Waals surface area contributed by atoms with Crippen LogP contribution in [0, 0.1) is 6.92 Å². The number of sulfonamides is 1. The Balaban J connectivity index is 1.59. The number of hydrogen-bond donors (Lipinski definition) is 1. The molecule has 10 heteroatoms. The molecule has 1 N–H and O–H groups in total. The van der Waals surface area contributed by atoms with Gasteiger partial charge in [0.2, 0.25) is 15.9 Å². The number of aromatic nitrogens is 2. The van der Waals surface area contributed by atoms with Gasteiger partial charge in [0.1, 0.15) is 6.54 Å². The van der Waals surface area contributed by atoms with Crippen LogP contribution in [0.3, 0.4) is 0 Å². The highest BCUT2D eigenvalue weighted by Gasteiger charge is 2.28. The SMILES string of the molecule is CSc1cccc(NC(=O)Cn2nc(-c3ccc(C)c(S(=O)(=O)N4CCCC4)c3)ccc2=O)c1. The summed E-state index contributed by atoms with van der Waals surface area (Å²) >= 11 is 1.56. The zero-order valence-corrected chi connectivity index (χ0v) is 20.7. The van der Waals surface area contributed by atoms with E-state index in [1.54, 1.807) is 43.0 Å². The number of carbonyl (C=O) groups is 1. The highest BCUT2D eigenvalue weighted by Crippen LogP contribution is 2.28. The van der Waals surface area contributed by atoms with Crippen LogP contribution in [-0.2, 0) is 21.4 Å². The predicted octanol–water partition coefficient (Wildman–Crippen LogP) is 3.36. The molecule has 0 bridgehead atoms. The molecule has 0 radical (unpaired) electrons. The van der Waals surface area contributed by atoms with Crippen LogP contribution in [0.1, 0.15) is 18.4 Å². The van der Waals surface area contributed by atoms with Gasteiger partial charge in [-0.3, -0.25) is 9.59 Å². The Kier molecular flexibility index (Phi) is 7.20. The molecule has 1 amide bonds. The van der Waals surface area contributed by atoms with E-state index < -0.39 is 15.6 Å². The van der Waals surface area contributed by atoms with Gasteiger partial charge < -0.3 is 5.32 Å². The maximum absolute atomic E-state index is 13.1. The third kappa shape index (κ3) is 5.24. The summed E-state index contributed by atoms with van der Waals surface area (Å²) in [4.78, 5) is 26.2. The van der Waals surface area contributed by atoms with Crippen molar-refractivity contribution >= 4 is 33.4 Å². The Morgan fingerprint density at radius 1 is 1.09 bits per heavy atom. The second-order valence-electron chi connectivity index (χ2n) is 8.09. The van der Waals surface area contributed by atoms with Crippen molar-refractivity contribution in [1.29, 1.82) is 0 Å². The molecule has 2 aromatic carbocycles. The Labute approximate surface area is 203 Å². The lowest BCUT2D eigenvalue weighted by molar-refractivity contribution is -0.117. The normalized spacial score (nSPS) is 14.3. The van der Waals surface area contributed by atoms with Gasteiger partial charge in [0.15, 0.2) is 0 Å². The van der Waals surface area contributed by atoms with Gasteiger partial charge in [0.25, 0.3) is 5.56 Å². The molecule has 1 aromatic heterocycles. The van der Waals surface area contributed by atoms with E-state index in [1.165, 1.54) is 16.4 Å². The average molecular weight is 499 g/mol. The number of hydrogen-bond acceptors (Lipinski definition) is 6. The topological polar surface area (TPSA) is 101 Å². The summed E-state index contributed by atoms with van der Waals surface area (Å²) in [6.07, 6.45) is 3.66. The molecule has 2 heterocycles. The number of benzene rings is 2. The zero-order valence-electron chi connectivity index (χ0n) is 19.0. The lowest BCUT2D eigenvalue weighted by Crippen LogP contribution is -2.29. The van der Waals surface area contributed by atoms with E-state index >= 15 is 0 Å². The van der Waals surface area contributed by atoms with Gasteiger partial charge in [-0.1, -0.05) is 18.2 Å². The number of amides is 1. The van der Waals surface area contributed by atoms with E-state index in [2.05, 4.69) is 10.4 Å². The molecule has 3 aromatic rings. The molecular weight excluding hydrogens is 472 g/mol. The molecule has 34 heavy (non-hydrogen) atoms. The van der Waals surface area contributed by atoms with Crippen molar-refractivity contribution in [3.05, 3.63) is 70.5 Å². The lowest BCUT2D eigenvalue weighted by Gasteiger charge is -2.18. The van der Waals surface area contributed by atoms with Crippen LogP contribution in [0.25, 0.3) is 11.3 Å². The number of aryl methyl sites for hydroxylation is 1. The lowest BCUT2D eigenvalue weighted by atomic mass is 10.1. The van der Waals surface area contributed by atoms with Crippen molar-refractivity contribution in [2.24, 2.45) is 0 Å². The fourth-order valence-electron chi connectivity index (χ4n) is 3.86. The minimum atomic E-state index is -3.61. The fraction of sp³-hybridized carbons (Fsp3) is 0.292. The molecule has 1 aliphatic heterocycles. The molecular formula is C24H26N4O4S2. The second kappa shape index (κ2) is 10.1. The van der Waals surface area contributed by atoms with Crippen LogP contribution in [0.2, 0.25) is 0 Å². The van der Waals surface area contributed by atoms with Gasteiger partial charge in [0, 0.05) is 35.3 Å². The number of nitrogens with zero attached hydrogens (tertiary/aromatic N) is 3. The van der Waals surface area contributed by atoms with Gasteiger partial charge in [-0.25, -0.2) is 13.1 Å². The van der Waals surface area contributed by atoms with Crippen molar-refractivity contribution in [3.8, 4) is 11.3 Å². The Morgan fingerprint density at radius 2 is 1.85 bits per heavy atom. The third-order valence-corrected chi connectivity index (χ3v) is 8.45. The number of rotatable bonds is 7. The van der Waals surface area contributed by atoms with E-state index in [4.69, 9.17) is 0 Å². The Bertz CT molecular complexity index is 1380. The van der Waals surface area contributed by atoms with Crippen molar-refractivity contribution < 1.29 is 13.2 Å². The molecule has 0 unspecified atom stereocenters. The highest BCUT2D eigenvalue weighted by atomic mass is 32.2. The van der Waals surface area contributed by atoms with Crippen molar-refractivity contribution in [3.63, 3.8) is 0 Å². The molecule has 0 saturated carbocycles. The monoisotopic (exact) mass is 498 g/mol. The van der Waals surface area contributed by atoms with E-state index in [1.807, 2.05) is 24.5 Å². The molecule has 8 nitrogen and oxygen atoms in total. The minimum Gasteiger partial charge on any atom is -0.324 e. The van der Waals surface area contributed by atoms with Crippen molar-refractivity contribution in [2.45, 2.75) is 36.1 Å². The molecule has 1 aliphatic rings. The van der Waals surface area contributed by atoms with E-state index in [-0.39, 0.29) is 17.3 Å². The highest BCUT2D eigenvalue weighted by molar-refractivity contribution is 7.98. The second-order valence-corrected chi connectivity index (χ2v) is 10.9. The van der Waals surface area contributed by atoms with Crippen LogP contribution < -0.4 is 10.9 Å². The first kappa shape index (κ1) is 24.2. The average Bonchev–Trinajstić information content (AvgIpc) is 3.37. The van der Waals surface area contributed by atoms with Crippen molar-refractivity contribution in [2.75, 3.05) is 24.7 Å². The van der Waals surface area contributed by atoms with E-state index in [0.29, 0.717) is 35.6 Å². The van der Waals surface area contributed by atoms with Gasteiger partial charge in [-0.2, -0.15) is 9.40 Å². The minimum absolute atomic E-state index is 0.234. The van der Waals surface area contributed by atoms with E-state index in [0.717, 1.165) is 22.4 Å². The molecule has 0 spiro atoms. The van der Waals surface area contributed by atoms with Crippen molar-refractivity contribution in [1.82, 2.24) is 14.1 Å². The maximum atomic E-state index is 13.1. The summed E-state index contributed by atoms with van der Waals surface area (Å²) in [7, 11) is -3.61. The van der Waals surface area contributed by atoms with Crippen LogP contribution in [0.4, 0.5) is 5.69 Å². The summed E-state index contributed by atoms with van der Waals surface area (Å²) < 4.78 is 28.8. The number of anilines is 1. The fourth-order valence-corrected chi connectivity index (χ4v) is 6.09. The quantitative estimate of drug-likeness (QED) is 0.501. The number of thioether (sulfide) groups is 1. The molecule has 4 rings (SSSR count). The standard InChI is InChI=1S/C24H26N4O4S2/c1-17-8-9-18(14-22(17)34(31,32)27-12-3-4-13-27)21-10-11-24(30)28(26-21)16-23(29)25-19-6-5-7-20(15-19)33-2/h5-11,14-15H,3-4,12-13,16H2,1-2H3,(H,25,29). The number of carbonyl (C=O) groups excluding carboxylic acids is 1. The Morgan fingerprint density at radius 3 is 2.59 bits per heavy atom. The molecule has 178 valence electrons. The van der Waals surface area contributed by atoms with Gasteiger partial charge >= 0.3 is 0 Å². The third-order valence-electron chi connectivity index (χ3n) is 5.68. The van der Waals surface area contributed by atoms with Crippen LogP contribution in [0.5, 0.6) is 0 Å². The van der Waals surface area contributed by atoms with E-state index in [9.17, 15) is 18.0 Å². The first-order chi connectivity index (χ1) is 16.3. The maximum Gasteiger partial charge on any atom is 0.267 e. The van der Waals surface area contributed by atoms with Crippen LogP contribution >= 0.6 is 11.8 Å². The summed E-state index contributed by atoms with van der Waals surface area (Å²) in [5, 5.41) is 7.12. The summed E-state index contributed by atoms with van der Waals surface area (Å²) in [5.41, 5.74) is 1.83. The summed E-state index contributed by atoms with van der Waals surface area (Å²) in [6.45, 7) is 2.53. The smallest absolute Gasteiger partial charge is 0.267 e. The molecule has 0 atom stereocenters. The molecule has 1 saturated heterocycles. The summed E-state index contributed by atoms with van der Waals surface area (Å²) in [6, 6.07) is 15.4. The van der Waals surface area contributed by atoms with Gasteiger partial charge in [-0.15, -0.1) is 11.8 Å². The van der Waals surface area contributed by atoms with Gasteiger partial charge in [0.05, 0.1) is 10.6 Å². The first-order valence-electron chi connectivity index (χ1n) is 10.9. The number of nitrogens with one attached hydrogen (secondary N) is 1. The predicted molar refractivity (Wildman–Crippen MR) is 134 cm³/mol. The molecule has 1 fully saturated rings. The summed E-state index contributed by atoms with van der Waals surface area (Å²) in [5.74, 6) is -0.383.